The van der Waals surface area contributed by atoms with Crippen LogP contribution in [0.3, 0.4) is 0 Å². The Balaban J connectivity index is 2.31. The Morgan fingerprint density at radius 1 is 1.38 bits per heavy atom. The standard InChI is InChI=1S/C15H17FN2O3/c1-10(19)18-9-13(15(20)17-6-3-7-21-2)12-5-4-11(16)8-14(12)18/h4-5,8-9H,3,6-7H2,1-2H3,(H,17,20). The van der Waals surface area contributed by atoms with Gasteiger partial charge in [0.15, 0.2) is 0 Å². The molecule has 0 atom stereocenters. The Hall–Kier alpha value is -2.21. The van der Waals surface area contributed by atoms with Gasteiger partial charge in [0.05, 0.1) is 11.1 Å². The molecular formula is C15H17FN2O3. The fourth-order valence-electron chi connectivity index (χ4n) is 2.16. The van der Waals surface area contributed by atoms with Gasteiger partial charge in [0.2, 0.25) is 5.91 Å². The number of carbonyl (C=O) groups excluding carboxylic acids is 2. The van der Waals surface area contributed by atoms with Crippen LogP contribution in [0.1, 0.15) is 28.5 Å². The van der Waals surface area contributed by atoms with Crippen LogP contribution in [0.5, 0.6) is 0 Å². The number of nitrogens with zero attached hydrogens (tertiary/aromatic N) is 1. The predicted molar refractivity (Wildman–Crippen MR) is 77.0 cm³/mol. The molecule has 6 heteroatoms. The number of nitrogens with one attached hydrogen (secondary N) is 1. The Morgan fingerprint density at radius 3 is 2.81 bits per heavy atom. The summed E-state index contributed by atoms with van der Waals surface area (Å²) in [4.78, 5) is 23.8. The molecule has 0 saturated heterocycles. The van der Waals surface area contributed by atoms with Gasteiger partial charge in [-0.3, -0.25) is 14.2 Å². The number of amides is 1. The lowest BCUT2D eigenvalue weighted by Crippen LogP contribution is -2.25. The molecule has 21 heavy (non-hydrogen) atoms. The van der Waals surface area contributed by atoms with E-state index in [1.807, 2.05) is 0 Å². The molecule has 0 aliphatic heterocycles. The van der Waals surface area contributed by atoms with Crippen LogP contribution in [0.15, 0.2) is 24.4 Å². The molecule has 1 amide bonds. The monoisotopic (exact) mass is 292 g/mol. The number of aromatic nitrogens is 1. The van der Waals surface area contributed by atoms with Gasteiger partial charge < -0.3 is 10.1 Å². The minimum atomic E-state index is -0.449. The van der Waals surface area contributed by atoms with Crippen molar-refractivity contribution in [3.8, 4) is 0 Å². The fraction of sp³-hybridized carbons (Fsp3) is 0.333. The van der Waals surface area contributed by atoms with Crippen molar-refractivity contribution >= 4 is 22.7 Å². The second-order valence-electron chi connectivity index (χ2n) is 4.70. The van der Waals surface area contributed by atoms with Crippen molar-refractivity contribution < 1.29 is 18.7 Å². The summed E-state index contributed by atoms with van der Waals surface area (Å²) in [5.41, 5.74) is 0.752. The van der Waals surface area contributed by atoms with E-state index in [4.69, 9.17) is 4.74 Å². The molecule has 2 rings (SSSR count). The molecule has 0 spiro atoms. The van der Waals surface area contributed by atoms with E-state index in [2.05, 4.69) is 5.32 Å². The van der Waals surface area contributed by atoms with Crippen molar-refractivity contribution in [1.29, 1.82) is 0 Å². The van der Waals surface area contributed by atoms with E-state index < -0.39 is 5.82 Å². The molecule has 1 aromatic heterocycles. The number of fused-ring (bicyclic) bond motifs is 1. The first-order valence-electron chi connectivity index (χ1n) is 6.63. The summed E-state index contributed by atoms with van der Waals surface area (Å²) in [6.45, 7) is 2.39. The number of halogens is 1. The van der Waals surface area contributed by atoms with Crippen LogP contribution >= 0.6 is 0 Å². The van der Waals surface area contributed by atoms with E-state index in [9.17, 15) is 14.0 Å². The first kappa shape index (κ1) is 15.2. The molecule has 0 aliphatic rings. The van der Waals surface area contributed by atoms with Gasteiger partial charge in [0.25, 0.3) is 5.91 Å². The minimum absolute atomic E-state index is 0.274. The van der Waals surface area contributed by atoms with E-state index in [1.165, 1.54) is 35.9 Å². The van der Waals surface area contributed by atoms with Crippen molar-refractivity contribution in [3.05, 3.63) is 35.8 Å². The number of hydrogen-bond donors (Lipinski definition) is 1. The van der Waals surface area contributed by atoms with Crippen LogP contribution in [0.4, 0.5) is 4.39 Å². The van der Waals surface area contributed by atoms with Crippen molar-refractivity contribution in [3.63, 3.8) is 0 Å². The fourth-order valence-corrected chi connectivity index (χ4v) is 2.16. The smallest absolute Gasteiger partial charge is 0.253 e. The van der Waals surface area contributed by atoms with Crippen LogP contribution in [0.2, 0.25) is 0 Å². The first-order valence-corrected chi connectivity index (χ1v) is 6.63. The van der Waals surface area contributed by atoms with Gasteiger partial charge in [-0.1, -0.05) is 0 Å². The highest BCUT2D eigenvalue weighted by Crippen LogP contribution is 2.22. The van der Waals surface area contributed by atoms with Crippen molar-refractivity contribution in [2.45, 2.75) is 13.3 Å². The zero-order chi connectivity index (χ0) is 15.4. The summed E-state index contributed by atoms with van der Waals surface area (Å²) >= 11 is 0. The second kappa shape index (κ2) is 6.49. The van der Waals surface area contributed by atoms with Gasteiger partial charge in [-0.05, 0) is 24.6 Å². The van der Waals surface area contributed by atoms with E-state index in [1.54, 1.807) is 7.11 Å². The van der Waals surface area contributed by atoms with E-state index in [0.29, 0.717) is 36.0 Å². The molecular weight excluding hydrogens is 275 g/mol. The van der Waals surface area contributed by atoms with Crippen molar-refractivity contribution in [1.82, 2.24) is 9.88 Å². The summed E-state index contributed by atoms with van der Waals surface area (Å²) in [5, 5.41) is 3.31. The Morgan fingerprint density at radius 2 is 2.14 bits per heavy atom. The lowest BCUT2D eigenvalue weighted by Gasteiger charge is -2.03. The normalized spacial score (nSPS) is 10.8. The molecule has 0 aliphatic carbocycles. The molecule has 0 fully saturated rings. The number of benzene rings is 1. The highest BCUT2D eigenvalue weighted by atomic mass is 19.1. The molecule has 0 unspecified atom stereocenters. The molecule has 0 bridgehead atoms. The molecule has 1 N–H and O–H groups in total. The molecule has 1 aromatic carbocycles. The Bertz CT molecular complexity index is 679. The van der Waals surface area contributed by atoms with Gasteiger partial charge in [-0.25, -0.2) is 4.39 Å². The zero-order valence-electron chi connectivity index (χ0n) is 12.0. The third-order valence-electron chi connectivity index (χ3n) is 3.16. The summed E-state index contributed by atoms with van der Waals surface area (Å²) < 4.78 is 19.5. The number of carbonyl (C=O) groups is 2. The van der Waals surface area contributed by atoms with Crippen LogP contribution in [0, 0.1) is 5.82 Å². The van der Waals surface area contributed by atoms with E-state index >= 15 is 0 Å². The lowest BCUT2D eigenvalue weighted by molar-refractivity contribution is 0.0941. The molecule has 0 radical (unpaired) electrons. The van der Waals surface area contributed by atoms with Gasteiger partial charge in [0, 0.05) is 38.8 Å². The lowest BCUT2D eigenvalue weighted by atomic mass is 10.1. The number of rotatable bonds is 5. The van der Waals surface area contributed by atoms with Gasteiger partial charge in [0.1, 0.15) is 5.82 Å². The number of hydrogen-bond acceptors (Lipinski definition) is 3. The summed E-state index contributed by atoms with van der Waals surface area (Å²) in [6.07, 6.45) is 2.14. The largest absolute Gasteiger partial charge is 0.385 e. The van der Waals surface area contributed by atoms with Crippen LogP contribution < -0.4 is 5.32 Å². The predicted octanol–water partition coefficient (Wildman–Crippen LogP) is 2.21. The Kier molecular flexibility index (Phi) is 4.70. The van der Waals surface area contributed by atoms with E-state index in [-0.39, 0.29) is 11.8 Å². The summed E-state index contributed by atoms with van der Waals surface area (Å²) in [5.74, 6) is -1.01. The topological polar surface area (TPSA) is 60.3 Å². The van der Waals surface area contributed by atoms with Crippen molar-refractivity contribution in [2.24, 2.45) is 0 Å². The molecule has 5 nitrogen and oxygen atoms in total. The Labute approximate surface area is 121 Å². The molecule has 2 aromatic rings. The first-order chi connectivity index (χ1) is 10.0. The molecule has 0 saturated carbocycles. The highest BCUT2D eigenvalue weighted by molar-refractivity contribution is 6.09. The van der Waals surface area contributed by atoms with Gasteiger partial charge >= 0.3 is 0 Å². The summed E-state index contributed by atoms with van der Waals surface area (Å²) in [7, 11) is 1.59. The minimum Gasteiger partial charge on any atom is -0.385 e. The highest BCUT2D eigenvalue weighted by Gasteiger charge is 2.17. The van der Waals surface area contributed by atoms with Gasteiger partial charge in [-0.2, -0.15) is 0 Å². The number of methoxy groups -OCH3 is 1. The summed E-state index contributed by atoms with van der Waals surface area (Å²) in [6, 6.07) is 4.03. The van der Waals surface area contributed by atoms with E-state index in [0.717, 1.165) is 0 Å². The maximum atomic E-state index is 13.3. The molecule has 112 valence electrons. The SMILES string of the molecule is COCCCNC(=O)c1cn(C(C)=O)c2cc(F)ccc12. The van der Waals surface area contributed by atoms with Crippen LogP contribution in [-0.2, 0) is 4.74 Å². The third-order valence-corrected chi connectivity index (χ3v) is 3.16. The molecule has 1 heterocycles. The average Bonchev–Trinajstić information content (AvgIpc) is 2.82. The quantitative estimate of drug-likeness (QED) is 0.859. The third kappa shape index (κ3) is 3.28. The van der Waals surface area contributed by atoms with Crippen molar-refractivity contribution in [2.75, 3.05) is 20.3 Å². The van der Waals surface area contributed by atoms with Crippen LogP contribution in [-0.4, -0.2) is 36.6 Å². The maximum Gasteiger partial charge on any atom is 0.253 e. The van der Waals surface area contributed by atoms with Gasteiger partial charge in [-0.15, -0.1) is 0 Å². The number of ether oxygens (including phenoxy) is 1. The maximum absolute atomic E-state index is 13.3. The average molecular weight is 292 g/mol. The second-order valence-corrected chi connectivity index (χ2v) is 4.70. The zero-order valence-corrected chi connectivity index (χ0v) is 12.0. The van der Waals surface area contributed by atoms with Crippen LogP contribution in [0.25, 0.3) is 10.9 Å².